The van der Waals surface area contributed by atoms with E-state index in [2.05, 4.69) is 5.32 Å². The average molecular weight is 299 g/mol. The number of hydrogen-bond acceptors (Lipinski definition) is 4. The van der Waals surface area contributed by atoms with Gasteiger partial charge < -0.3 is 15.5 Å². The molecule has 2 aromatic rings. The summed E-state index contributed by atoms with van der Waals surface area (Å²) < 4.78 is 0. The van der Waals surface area contributed by atoms with Crippen molar-refractivity contribution in [2.24, 2.45) is 0 Å². The third kappa shape index (κ3) is 3.80. The number of carbonyl (C=O) groups is 1. The molecule has 116 valence electrons. The minimum atomic E-state index is -1.09. The number of rotatable bonds is 7. The summed E-state index contributed by atoms with van der Waals surface area (Å²) in [6, 6.07) is 15.8. The van der Waals surface area contributed by atoms with Gasteiger partial charge >= 0.3 is 0 Å². The molecule has 2 unspecified atom stereocenters. The van der Waals surface area contributed by atoms with Gasteiger partial charge in [-0.2, -0.15) is 0 Å². The second kappa shape index (κ2) is 7.84. The van der Waals surface area contributed by atoms with Gasteiger partial charge in [0.2, 0.25) is 0 Å². The summed E-state index contributed by atoms with van der Waals surface area (Å²) in [5.74, 6) is -0.156. The molecule has 22 heavy (non-hydrogen) atoms. The van der Waals surface area contributed by atoms with Crippen LogP contribution in [0.25, 0.3) is 0 Å². The van der Waals surface area contributed by atoms with Crippen LogP contribution in [-0.2, 0) is 0 Å². The number of aliphatic hydroxyl groups is 2. The first-order chi connectivity index (χ1) is 10.6. The largest absolute Gasteiger partial charge is 0.390 e. The molecule has 2 aromatic carbocycles. The molecule has 2 rings (SSSR count). The Labute approximate surface area is 130 Å². The molecular formula is C18H21NO3. The highest BCUT2D eigenvalue weighted by Crippen LogP contribution is 2.24. The Morgan fingerprint density at radius 1 is 1.05 bits per heavy atom. The molecule has 3 N–H and O–H groups in total. The van der Waals surface area contributed by atoms with Crippen LogP contribution in [0.3, 0.4) is 0 Å². The van der Waals surface area contributed by atoms with Crippen molar-refractivity contribution in [1.82, 2.24) is 5.32 Å². The van der Waals surface area contributed by atoms with Crippen molar-refractivity contribution in [3.63, 3.8) is 0 Å². The number of nitrogens with one attached hydrogen (secondary N) is 1. The predicted octanol–water partition coefficient (Wildman–Crippen LogP) is 1.92. The maximum absolute atomic E-state index is 12.6. The minimum absolute atomic E-state index is 0.156. The van der Waals surface area contributed by atoms with Crippen molar-refractivity contribution in [2.45, 2.75) is 18.6 Å². The Kier molecular flexibility index (Phi) is 5.83. The molecule has 0 saturated carbocycles. The van der Waals surface area contributed by atoms with E-state index < -0.39 is 12.2 Å². The van der Waals surface area contributed by atoms with Crippen LogP contribution >= 0.6 is 0 Å². The molecule has 0 amide bonds. The molecule has 0 fully saturated rings. The second-order valence-corrected chi connectivity index (χ2v) is 5.19. The summed E-state index contributed by atoms with van der Waals surface area (Å²) in [5.41, 5.74) is 1.44. The van der Waals surface area contributed by atoms with Gasteiger partial charge in [-0.25, -0.2) is 0 Å². The van der Waals surface area contributed by atoms with Crippen molar-refractivity contribution in [1.29, 1.82) is 0 Å². The molecule has 0 aromatic heterocycles. The fourth-order valence-electron chi connectivity index (χ4n) is 2.36. The topological polar surface area (TPSA) is 69.6 Å². The van der Waals surface area contributed by atoms with Gasteiger partial charge in [-0.15, -0.1) is 0 Å². The van der Waals surface area contributed by atoms with Crippen LogP contribution < -0.4 is 5.32 Å². The van der Waals surface area contributed by atoms with E-state index in [0.29, 0.717) is 29.7 Å². The molecule has 0 bridgehead atoms. The summed E-state index contributed by atoms with van der Waals surface area (Å²) in [6.07, 6.45) is -1.60. The normalized spacial score (nSPS) is 13.6. The molecule has 0 saturated heterocycles. The van der Waals surface area contributed by atoms with Gasteiger partial charge in [0.05, 0.1) is 6.10 Å². The zero-order valence-corrected chi connectivity index (χ0v) is 12.6. The van der Waals surface area contributed by atoms with Crippen LogP contribution in [0.5, 0.6) is 0 Å². The van der Waals surface area contributed by atoms with Gasteiger partial charge in [0.15, 0.2) is 5.78 Å². The lowest BCUT2D eigenvalue weighted by molar-refractivity contribution is 0.0136. The van der Waals surface area contributed by atoms with E-state index in [1.165, 1.54) is 0 Å². The van der Waals surface area contributed by atoms with Crippen molar-refractivity contribution in [2.75, 3.05) is 13.6 Å². The number of hydrogen-bond donors (Lipinski definition) is 3. The average Bonchev–Trinajstić information content (AvgIpc) is 2.59. The van der Waals surface area contributed by atoms with E-state index >= 15 is 0 Å². The van der Waals surface area contributed by atoms with Crippen LogP contribution in [0.4, 0.5) is 0 Å². The van der Waals surface area contributed by atoms with E-state index in [9.17, 15) is 15.0 Å². The quantitative estimate of drug-likeness (QED) is 0.683. The number of benzene rings is 2. The molecule has 0 aliphatic heterocycles. The number of aliphatic hydroxyl groups excluding tert-OH is 2. The van der Waals surface area contributed by atoms with Crippen LogP contribution in [0.15, 0.2) is 54.6 Å². The lowest BCUT2D eigenvalue weighted by Crippen LogP contribution is -2.24. The van der Waals surface area contributed by atoms with Crippen LogP contribution in [0.1, 0.15) is 34.0 Å². The Hall–Kier alpha value is -2.01. The molecule has 4 heteroatoms. The third-order valence-corrected chi connectivity index (χ3v) is 3.61. The van der Waals surface area contributed by atoms with Crippen molar-refractivity contribution < 1.29 is 15.0 Å². The summed E-state index contributed by atoms with van der Waals surface area (Å²) >= 11 is 0. The van der Waals surface area contributed by atoms with Gasteiger partial charge in [0, 0.05) is 11.1 Å². The van der Waals surface area contributed by atoms with E-state index in [1.54, 1.807) is 55.6 Å². The van der Waals surface area contributed by atoms with Crippen molar-refractivity contribution in [3.05, 3.63) is 71.3 Å². The van der Waals surface area contributed by atoms with Crippen molar-refractivity contribution >= 4 is 5.78 Å². The molecule has 4 nitrogen and oxygen atoms in total. The predicted molar refractivity (Wildman–Crippen MR) is 85.8 cm³/mol. The van der Waals surface area contributed by atoms with Crippen LogP contribution in [-0.4, -0.2) is 35.7 Å². The fraction of sp³-hybridized carbons (Fsp3) is 0.278. The minimum Gasteiger partial charge on any atom is -0.390 e. The number of carbonyl (C=O) groups excluding carboxylic acids is 1. The molecule has 2 atom stereocenters. The van der Waals surface area contributed by atoms with Gasteiger partial charge in [-0.1, -0.05) is 54.6 Å². The summed E-state index contributed by atoms with van der Waals surface area (Å²) in [5, 5.41) is 23.4. The third-order valence-electron chi connectivity index (χ3n) is 3.61. The summed E-state index contributed by atoms with van der Waals surface area (Å²) in [6.45, 7) is 0.590. The highest BCUT2D eigenvalue weighted by atomic mass is 16.3. The van der Waals surface area contributed by atoms with E-state index in [4.69, 9.17) is 0 Å². The highest BCUT2D eigenvalue weighted by molar-refractivity contribution is 6.09. The monoisotopic (exact) mass is 299 g/mol. The van der Waals surface area contributed by atoms with E-state index in [0.717, 1.165) is 0 Å². The van der Waals surface area contributed by atoms with Crippen LogP contribution in [0.2, 0.25) is 0 Å². The maximum Gasteiger partial charge on any atom is 0.193 e. The Balaban J connectivity index is 2.29. The maximum atomic E-state index is 12.6. The Bertz CT molecular complexity index is 613. The Morgan fingerprint density at radius 3 is 2.36 bits per heavy atom. The SMILES string of the molecule is CNCCC(O)C(O)c1ccccc1C(=O)c1ccccc1. The first-order valence-electron chi connectivity index (χ1n) is 7.34. The zero-order valence-electron chi connectivity index (χ0n) is 12.6. The molecule has 0 aliphatic carbocycles. The van der Waals surface area contributed by atoms with Gasteiger partial charge in [0.1, 0.15) is 6.10 Å². The lowest BCUT2D eigenvalue weighted by atomic mass is 9.92. The number of ketones is 1. The van der Waals surface area contributed by atoms with E-state index in [-0.39, 0.29) is 5.78 Å². The molecule has 0 spiro atoms. The Morgan fingerprint density at radius 2 is 1.68 bits per heavy atom. The molecule has 0 radical (unpaired) electrons. The first kappa shape index (κ1) is 16.4. The van der Waals surface area contributed by atoms with Crippen LogP contribution in [0, 0.1) is 0 Å². The fourth-order valence-corrected chi connectivity index (χ4v) is 2.36. The standard InChI is InChI=1S/C18H21NO3/c1-19-12-11-16(20)18(22)15-10-6-5-9-14(15)17(21)13-7-3-2-4-8-13/h2-10,16,18-20,22H,11-12H2,1H3. The lowest BCUT2D eigenvalue weighted by Gasteiger charge is -2.20. The van der Waals surface area contributed by atoms with Crippen molar-refractivity contribution in [3.8, 4) is 0 Å². The highest BCUT2D eigenvalue weighted by Gasteiger charge is 2.23. The molecule has 0 aliphatic rings. The summed E-state index contributed by atoms with van der Waals surface area (Å²) in [7, 11) is 1.78. The van der Waals surface area contributed by atoms with Gasteiger partial charge in [0.25, 0.3) is 0 Å². The van der Waals surface area contributed by atoms with Gasteiger partial charge in [-0.05, 0) is 25.6 Å². The van der Waals surface area contributed by atoms with E-state index in [1.807, 2.05) is 6.07 Å². The van der Waals surface area contributed by atoms with Gasteiger partial charge in [-0.3, -0.25) is 4.79 Å². The molecule has 0 heterocycles. The molecular weight excluding hydrogens is 278 g/mol. The second-order valence-electron chi connectivity index (χ2n) is 5.19. The summed E-state index contributed by atoms with van der Waals surface area (Å²) in [4.78, 5) is 12.6. The smallest absolute Gasteiger partial charge is 0.193 e. The zero-order chi connectivity index (χ0) is 15.9. The first-order valence-corrected chi connectivity index (χ1v) is 7.34.